The Morgan fingerprint density at radius 3 is 2.37 bits per heavy atom. The summed E-state index contributed by atoms with van der Waals surface area (Å²) in [4.78, 5) is 13.0. The Balaban J connectivity index is 0.000000236. The van der Waals surface area contributed by atoms with Gasteiger partial charge >= 0.3 is 120 Å². The monoisotopic (exact) mass is 858 g/mol. The number of aromatic nitrogens is 3. The number of furan rings is 1. The van der Waals surface area contributed by atoms with E-state index in [9.17, 15) is 4.39 Å². The zero-order chi connectivity index (χ0) is 35.9. The van der Waals surface area contributed by atoms with Crippen molar-refractivity contribution >= 4 is 39.7 Å². The Bertz CT molecular complexity index is 2120. The first kappa shape index (κ1) is 30.2. The van der Waals surface area contributed by atoms with E-state index in [2.05, 4.69) is 50.4 Å². The van der Waals surface area contributed by atoms with Gasteiger partial charge in [0, 0.05) is 35.3 Å². The smallest absolute Gasteiger partial charge is 0.216 e. The number of rotatable bonds is 5. The molecule has 2 aromatic carbocycles. The maximum atomic E-state index is 14.3. The van der Waals surface area contributed by atoms with Crippen molar-refractivity contribution in [2.45, 2.75) is 71.1 Å². The Morgan fingerprint density at radius 1 is 0.957 bits per heavy atom. The number of halogens is 1. The molecular formula is C39H42FGeIrN3O-2. The first-order valence-electron chi connectivity index (χ1n) is 17.1. The van der Waals surface area contributed by atoms with Gasteiger partial charge in [-0.25, -0.2) is 9.37 Å². The topological polar surface area (TPSA) is 51.8 Å². The summed E-state index contributed by atoms with van der Waals surface area (Å²) in [7, 11) is 0. The number of hydrogen-bond acceptors (Lipinski definition) is 4. The molecule has 0 bridgehead atoms. The summed E-state index contributed by atoms with van der Waals surface area (Å²) < 4.78 is 52.6. The Labute approximate surface area is 294 Å². The fraction of sp³-hybridized carbons (Fsp3) is 0.308. The molecule has 6 aromatic rings. The van der Waals surface area contributed by atoms with Gasteiger partial charge in [0.1, 0.15) is 5.82 Å². The first-order chi connectivity index (χ1) is 22.7. The van der Waals surface area contributed by atoms with Gasteiger partial charge in [0.15, 0.2) is 0 Å². The van der Waals surface area contributed by atoms with E-state index in [0.29, 0.717) is 34.2 Å². The zero-order valence-electron chi connectivity index (χ0n) is 31.6. The summed E-state index contributed by atoms with van der Waals surface area (Å²) in [6, 6.07) is 24.8. The third-order valence-corrected chi connectivity index (χ3v) is 11.7. The molecule has 0 fully saturated rings. The van der Waals surface area contributed by atoms with Crippen LogP contribution >= 0.6 is 0 Å². The van der Waals surface area contributed by atoms with Crippen LogP contribution in [0.4, 0.5) is 4.39 Å². The van der Waals surface area contributed by atoms with Gasteiger partial charge < -0.3 is 9.40 Å². The molecule has 4 nitrogen and oxygen atoms in total. The molecule has 0 atom stereocenters. The second-order valence-corrected chi connectivity index (χ2v) is 24.4. The molecule has 0 N–H and O–H groups in total. The number of benzene rings is 2. The number of pyridine rings is 3. The molecule has 0 aliphatic carbocycles. The largest absolute Gasteiger partial charge is 0.486 e. The van der Waals surface area contributed by atoms with Crippen LogP contribution in [0.2, 0.25) is 17.3 Å². The van der Waals surface area contributed by atoms with E-state index < -0.39 is 26.0 Å². The fourth-order valence-corrected chi connectivity index (χ4v) is 8.62. The van der Waals surface area contributed by atoms with Crippen LogP contribution in [0.1, 0.15) is 62.8 Å². The summed E-state index contributed by atoms with van der Waals surface area (Å²) in [5, 5.41) is 1.49. The maximum absolute atomic E-state index is 14.3. The summed E-state index contributed by atoms with van der Waals surface area (Å²) in [6.07, 6.45) is 3.78. The molecular weight excluding hydrogens is 810 g/mol. The van der Waals surface area contributed by atoms with Gasteiger partial charge in [-0.2, -0.15) is 0 Å². The standard InChI is InChI=1S/C22H20FN2O.C17H22GeN.Ir/c1-13-8-9-16-15-6-5-7-17(20(15)26-21(16)25-13)19-10-14(11-22(2,3)4)18(23)12-24-19;1-13(2)15-11-17(14-9-7-6-8-10-14)19-12-16(15)18(3,4)5;/h5-6,8-10,12H,11H2,1-4H3;6-9,11-13H,1-5H3;/q2*-1;/i1D3;13D;. The van der Waals surface area contributed by atoms with E-state index in [0.717, 1.165) is 22.2 Å². The SMILES string of the molecule is [2H]C(C)(C)c1cc(-c2[c-]cccc2)nc[c]1[Ge]([CH3])([CH3])[CH3].[2H]C([2H])([2H])c1ccc2c(n1)oc1c(-c3cc(CC(C)(C)C)c(F)cn3)[c-]ccc12.[Ir]. The molecule has 0 unspecified atom stereocenters. The molecule has 0 saturated heterocycles. The summed E-state index contributed by atoms with van der Waals surface area (Å²) in [5.74, 6) is 6.10. The van der Waals surface area contributed by atoms with Crippen LogP contribution in [-0.2, 0) is 26.5 Å². The van der Waals surface area contributed by atoms with Crippen LogP contribution in [0.15, 0.2) is 77.5 Å². The van der Waals surface area contributed by atoms with Crippen molar-refractivity contribution in [3.8, 4) is 22.5 Å². The Morgan fingerprint density at radius 2 is 1.72 bits per heavy atom. The average molecular weight is 857 g/mol. The molecule has 0 aliphatic heterocycles. The van der Waals surface area contributed by atoms with Crippen molar-refractivity contribution in [2.24, 2.45) is 5.41 Å². The first-order valence-corrected chi connectivity index (χ1v) is 22.4. The van der Waals surface area contributed by atoms with Gasteiger partial charge in [-0.1, -0.05) is 37.8 Å². The number of fused-ring (bicyclic) bond motifs is 3. The molecule has 1 radical (unpaired) electrons. The van der Waals surface area contributed by atoms with E-state index >= 15 is 0 Å². The van der Waals surface area contributed by atoms with Gasteiger partial charge in [0.25, 0.3) is 0 Å². The van der Waals surface area contributed by atoms with Crippen LogP contribution < -0.4 is 4.40 Å². The minimum atomic E-state index is -2.32. The molecule has 46 heavy (non-hydrogen) atoms. The van der Waals surface area contributed by atoms with Gasteiger partial charge in [-0.15, -0.1) is 18.2 Å². The van der Waals surface area contributed by atoms with Gasteiger partial charge in [-0.05, 0) is 42.1 Å². The van der Waals surface area contributed by atoms with Crippen LogP contribution in [0.5, 0.6) is 0 Å². The quantitative estimate of drug-likeness (QED) is 0.128. The minimum absolute atomic E-state index is 0. The number of hydrogen-bond donors (Lipinski definition) is 0. The summed E-state index contributed by atoms with van der Waals surface area (Å²) >= 11 is -2.03. The predicted molar refractivity (Wildman–Crippen MR) is 187 cm³/mol. The van der Waals surface area contributed by atoms with E-state index in [1.807, 2.05) is 71.1 Å². The molecule has 0 saturated carbocycles. The van der Waals surface area contributed by atoms with E-state index in [4.69, 9.17) is 9.90 Å². The second kappa shape index (κ2) is 14.3. The molecule has 6 rings (SSSR count). The van der Waals surface area contributed by atoms with Gasteiger partial charge in [0.05, 0.1) is 11.8 Å². The number of aryl methyl sites for hydroxylation is 1. The van der Waals surface area contributed by atoms with Crippen LogP contribution in [0.3, 0.4) is 0 Å². The van der Waals surface area contributed by atoms with Crippen molar-refractivity contribution in [3.05, 3.63) is 108 Å². The van der Waals surface area contributed by atoms with E-state index in [-0.39, 0.29) is 42.7 Å². The molecule has 0 amide bonds. The van der Waals surface area contributed by atoms with Crippen molar-refractivity contribution in [1.82, 2.24) is 15.0 Å². The van der Waals surface area contributed by atoms with Crippen molar-refractivity contribution in [3.63, 3.8) is 0 Å². The van der Waals surface area contributed by atoms with Crippen molar-refractivity contribution < 1.29 is 34.4 Å². The predicted octanol–water partition coefficient (Wildman–Crippen LogP) is 10.1. The van der Waals surface area contributed by atoms with Crippen LogP contribution in [-0.4, -0.2) is 28.2 Å². The fourth-order valence-electron chi connectivity index (χ4n) is 5.30. The third-order valence-electron chi connectivity index (χ3n) is 7.45. The molecule has 7 heteroatoms. The van der Waals surface area contributed by atoms with E-state index in [1.165, 1.54) is 16.7 Å². The maximum Gasteiger partial charge on any atom is 0.216 e. The molecule has 4 aromatic heterocycles. The summed E-state index contributed by atoms with van der Waals surface area (Å²) in [5.41, 5.74) is 5.37. The number of nitrogens with zero attached hydrogens (tertiary/aromatic N) is 3. The second-order valence-electron chi connectivity index (χ2n) is 13.8. The van der Waals surface area contributed by atoms with Crippen molar-refractivity contribution in [2.75, 3.05) is 0 Å². The van der Waals surface area contributed by atoms with Crippen LogP contribution in [0, 0.1) is 30.2 Å². The van der Waals surface area contributed by atoms with Crippen molar-refractivity contribution in [1.29, 1.82) is 0 Å². The molecule has 0 spiro atoms. The normalized spacial score (nSPS) is 13.6. The Kier molecular flexibility index (Phi) is 9.37. The van der Waals surface area contributed by atoms with Gasteiger partial charge in [-0.3, -0.25) is 0 Å². The van der Waals surface area contributed by atoms with E-state index in [1.54, 1.807) is 18.2 Å². The molecule has 4 heterocycles. The molecule has 0 aliphatic rings. The zero-order valence-corrected chi connectivity index (χ0v) is 32.1. The minimum Gasteiger partial charge on any atom is -0.486 e. The Hall–Kier alpha value is -3.19. The summed E-state index contributed by atoms with van der Waals surface area (Å²) in [6.45, 7) is 7.74. The third kappa shape index (κ3) is 8.20. The molecule has 241 valence electrons. The average Bonchev–Trinajstić information content (AvgIpc) is 3.39. The van der Waals surface area contributed by atoms with Crippen LogP contribution in [0.25, 0.3) is 44.6 Å². The van der Waals surface area contributed by atoms with Gasteiger partial charge in [0.2, 0.25) is 5.71 Å².